The monoisotopic (exact) mass is 542 g/mol. The highest BCUT2D eigenvalue weighted by molar-refractivity contribution is 7.89. The van der Waals surface area contributed by atoms with Gasteiger partial charge in [-0.05, 0) is 74.8 Å². The summed E-state index contributed by atoms with van der Waals surface area (Å²) >= 11 is 6.18. The minimum atomic E-state index is -3.85. The third-order valence-corrected chi connectivity index (χ3v) is 9.37. The second kappa shape index (κ2) is 11.5. The third kappa shape index (κ3) is 6.19. The molecule has 3 aromatic rings. The molecule has 37 heavy (non-hydrogen) atoms. The van der Waals surface area contributed by atoms with Crippen molar-refractivity contribution >= 4 is 21.6 Å². The zero-order valence-corrected chi connectivity index (χ0v) is 23.1. The van der Waals surface area contributed by atoms with Gasteiger partial charge in [0.2, 0.25) is 10.0 Å². The lowest BCUT2D eigenvalue weighted by atomic mass is 9.69. The van der Waals surface area contributed by atoms with Crippen LogP contribution in [0.1, 0.15) is 30.4 Å². The van der Waals surface area contributed by atoms with Gasteiger partial charge in [-0.15, -0.1) is 0 Å². The Balaban J connectivity index is 1.72. The molecule has 0 heterocycles. The fourth-order valence-corrected chi connectivity index (χ4v) is 7.32. The molecule has 0 saturated heterocycles. The molecule has 3 unspecified atom stereocenters. The average molecular weight is 543 g/mol. The third-order valence-electron chi connectivity index (χ3n) is 7.24. The summed E-state index contributed by atoms with van der Waals surface area (Å²) in [7, 11) is 1.70. The van der Waals surface area contributed by atoms with Crippen LogP contribution in [0.25, 0.3) is 0 Å². The molecule has 0 aliphatic heterocycles. The van der Waals surface area contributed by atoms with E-state index in [-0.39, 0.29) is 23.4 Å². The molecule has 0 radical (unpaired) electrons. The first-order chi connectivity index (χ1) is 17.6. The normalized spacial score (nSPS) is 22.4. The Morgan fingerprint density at radius 2 is 1.76 bits per heavy atom. The predicted octanol–water partition coefficient (Wildman–Crippen LogP) is 5.16. The van der Waals surface area contributed by atoms with E-state index in [2.05, 4.69) is 0 Å². The molecule has 0 aromatic heterocycles. The quantitative estimate of drug-likeness (QED) is 0.404. The van der Waals surface area contributed by atoms with Crippen molar-refractivity contribution in [2.24, 2.45) is 5.92 Å². The highest BCUT2D eigenvalue weighted by Crippen LogP contribution is 2.45. The minimum absolute atomic E-state index is 0.175. The Labute approximate surface area is 225 Å². The largest absolute Gasteiger partial charge is 0.497 e. The number of halogens is 1. The molecule has 198 valence electrons. The van der Waals surface area contributed by atoms with Crippen molar-refractivity contribution in [1.29, 1.82) is 0 Å². The summed E-state index contributed by atoms with van der Waals surface area (Å²) in [5.74, 6) is 0.493. The van der Waals surface area contributed by atoms with Crippen molar-refractivity contribution < 1.29 is 18.3 Å². The van der Waals surface area contributed by atoms with E-state index >= 15 is 0 Å². The SMILES string of the molecule is COc1cccc(C2(O)CCC(N(Cc3ccccc3)S(=O)(=O)c3cccc(Cl)c3)CC2CN(C)C)c1. The van der Waals surface area contributed by atoms with E-state index in [1.807, 2.05) is 73.6 Å². The first kappa shape index (κ1) is 27.6. The highest BCUT2D eigenvalue weighted by atomic mass is 35.5. The van der Waals surface area contributed by atoms with Crippen LogP contribution in [0.4, 0.5) is 0 Å². The van der Waals surface area contributed by atoms with Gasteiger partial charge in [-0.1, -0.05) is 60.1 Å². The van der Waals surface area contributed by atoms with Crippen molar-refractivity contribution in [3.05, 3.63) is 95.0 Å². The van der Waals surface area contributed by atoms with Crippen LogP contribution in [-0.2, 0) is 22.2 Å². The van der Waals surface area contributed by atoms with Gasteiger partial charge in [0.25, 0.3) is 0 Å². The maximum absolute atomic E-state index is 14.0. The molecule has 4 rings (SSSR count). The number of nitrogens with zero attached hydrogens (tertiary/aromatic N) is 2. The van der Waals surface area contributed by atoms with Gasteiger partial charge in [-0.3, -0.25) is 0 Å². The maximum atomic E-state index is 14.0. The molecule has 1 N–H and O–H groups in total. The van der Waals surface area contributed by atoms with Crippen LogP contribution in [0.3, 0.4) is 0 Å². The smallest absolute Gasteiger partial charge is 0.243 e. The molecule has 0 bridgehead atoms. The van der Waals surface area contributed by atoms with Crippen molar-refractivity contribution in [1.82, 2.24) is 9.21 Å². The molecule has 0 spiro atoms. The maximum Gasteiger partial charge on any atom is 0.243 e. The number of hydrogen-bond donors (Lipinski definition) is 1. The lowest BCUT2D eigenvalue weighted by Crippen LogP contribution is -2.51. The van der Waals surface area contributed by atoms with Gasteiger partial charge < -0.3 is 14.7 Å². The molecule has 0 amide bonds. The van der Waals surface area contributed by atoms with E-state index in [4.69, 9.17) is 16.3 Å². The van der Waals surface area contributed by atoms with E-state index in [0.717, 1.165) is 11.1 Å². The van der Waals surface area contributed by atoms with Gasteiger partial charge in [0.15, 0.2) is 0 Å². The van der Waals surface area contributed by atoms with Crippen molar-refractivity contribution in [2.75, 3.05) is 27.7 Å². The van der Waals surface area contributed by atoms with Gasteiger partial charge in [-0.2, -0.15) is 4.31 Å². The summed E-state index contributed by atoms with van der Waals surface area (Å²) in [6, 6.07) is 23.3. The van der Waals surface area contributed by atoms with E-state index in [0.29, 0.717) is 36.6 Å². The number of aliphatic hydroxyl groups is 1. The topological polar surface area (TPSA) is 70.1 Å². The van der Waals surface area contributed by atoms with E-state index < -0.39 is 15.6 Å². The molecule has 1 aliphatic rings. The zero-order chi connectivity index (χ0) is 26.6. The van der Waals surface area contributed by atoms with Crippen molar-refractivity contribution in [3.8, 4) is 5.75 Å². The lowest BCUT2D eigenvalue weighted by molar-refractivity contribution is -0.0763. The summed E-state index contributed by atoms with van der Waals surface area (Å²) in [5.41, 5.74) is 0.600. The summed E-state index contributed by atoms with van der Waals surface area (Å²) in [4.78, 5) is 2.22. The number of methoxy groups -OCH3 is 1. The Morgan fingerprint density at radius 1 is 1.03 bits per heavy atom. The molecule has 1 saturated carbocycles. The van der Waals surface area contributed by atoms with Crippen LogP contribution in [0.15, 0.2) is 83.8 Å². The second-order valence-corrected chi connectivity index (χ2v) is 12.4. The molecule has 1 aliphatic carbocycles. The first-order valence-electron chi connectivity index (χ1n) is 12.5. The standard InChI is InChI=1S/C29H35ClN2O4S/c1-31(2)21-24-17-26(15-16-29(24,33)23-11-7-13-27(18-23)36-3)32(20-22-9-5-4-6-10-22)37(34,35)28-14-8-12-25(30)19-28/h4-14,18-19,24,26,33H,15-17,20-21H2,1-3H3. The summed E-state index contributed by atoms with van der Waals surface area (Å²) < 4.78 is 35.0. The Morgan fingerprint density at radius 3 is 2.43 bits per heavy atom. The van der Waals surface area contributed by atoms with Crippen molar-refractivity contribution in [3.63, 3.8) is 0 Å². The summed E-state index contributed by atoms with van der Waals surface area (Å²) in [6.45, 7) is 0.854. The molecule has 3 atom stereocenters. The number of benzene rings is 3. The fraction of sp³-hybridized carbons (Fsp3) is 0.379. The average Bonchev–Trinajstić information content (AvgIpc) is 2.89. The first-order valence-corrected chi connectivity index (χ1v) is 14.3. The van der Waals surface area contributed by atoms with Gasteiger partial charge in [-0.25, -0.2) is 8.42 Å². The Bertz CT molecular complexity index is 1300. The van der Waals surface area contributed by atoms with Crippen LogP contribution < -0.4 is 4.74 Å². The van der Waals surface area contributed by atoms with Crippen LogP contribution in [0.2, 0.25) is 5.02 Å². The molecule has 3 aromatic carbocycles. The van der Waals surface area contributed by atoms with Gasteiger partial charge >= 0.3 is 0 Å². The number of sulfonamides is 1. The molecular formula is C29H35ClN2O4S. The Hall–Kier alpha value is -2.42. The van der Waals surface area contributed by atoms with Gasteiger partial charge in [0, 0.05) is 30.1 Å². The molecule has 1 fully saturated rings. The minimum Gasteiger partial charge on any atom is -0.497 e. The number of rotatable bonds is 9. The second-order valence-electron chi connectivity index (χ2n) is 10.0. The zero-order valence-electron chi connectivity index (χ0n) is 21.5. The highest BCUT2D eigenvalue weighted by Gasteiger charge is 2.47. The summed E-state index contributed by atoms with van der Waals surface area (Å²) in [6.07, 6.45) is 1.46. The van der Waals surface area contributed by atoms with Crippen LogP contribution in [-0.4, -0.2) is 56.5 Å². The molecule has 8 heteroatoms. The fourth-order valence-electron chi connectivity index (χ4n) is 5.37. The number of hydrogen-bond acceptors (Lipinski definition) is 5. The Kier molecular flexibility index (Phi) is 8.61. The lowest BCUT2D eigenvalue weighted by Gasteiger charge is -2.47. The molecule has 6 nitrogen and oxygen atoms in total. The summed E-state index contributed by atoms with van der Waals surface area (Å²) in [5, 5.41) is 12.4. The van der Waals surface area contributed by atoms with E-state index in [1.165, 1.54) is 6.07 Å². The van der Waals surface area contributed by atoms with Crippen LogP contribution in [0.5, 0.6) is 5.75 Å². The van der Waals surface area contributed by atoms with E-state index in [9.17, 15) is 13.5 Å². The van der Waals surface area contributed by atoms with Gasteiger partial charge in [0.05, 0.1) is 17.6 Å². The predicted molar refractivity (Wildman–Crippen MR) is 147 cm³/mol. The van der Waals surface area contributed by atoms with Crippen LogP contribution >= 0.6 is 11.6 Å². The van der Waals surface area contributed by atoms with Crippen LogP contribution in [0, 0.1) is 5.92 Å². The van der Waals surface area contributed by atoms with Crippen molar-refractivity contribution in [2.45, 2.75) is 42.3 Å². The van der Waals surface area contributed by atoms with E-state index in [1.54, 1.807) is 29.6 Å². The van der Waals surface area contributed by atoms with Gasteiger partial charge in [0.1, 0.15) is 5.75 Å². The molecular weight excluding hydrogens is 508 g/mol. The number of ether oxygens (including phenoxy) is 1.